The largest absolute Gasteiger partial charge is 0.497 e. The minimum absolute atomic E-state index is 0.0920. The van der Waals surface area contributed by atoms with E-state index in [0.29, 0.717) is 11.6 Å². The van der Waals surface area contributed by atoms with Crippen molar-refractivity contribution in [2.45, 2.75) is 71.3 Å². The third-order valence-electron chi connectivity index (χ3n) is 9.83. The fourth-order valence-corrected chi connectivity index (χ4v) is 6.91. The molecule has 1 aromatic heterocycles. The molecule has 1 fully saturated rings. The summed E-state index contributed by atoms with van der Waals surface area (Å²) in [4.78, 5) is 47.3. The van der Waals surface area contributed by atoms with Gasteiger partial charge in [0.25, 0.3) is 0 Å². The van der Waals surface area contributed by atoms with E-state index in [1.54, 1.807) is 31.4 Å². The summed E-state index contributed by atoms with van der Waals surface area (Å²) in [5.74, 6) is 1.98. The van der Waals surface area contributed by atoms with Crippen molar-refractivity contribution in [2.75, 3.05) is 20.2 Å². The number of carboxylic acids is 1. The molecule has 0 radical (unpaired) electrons. The van der Waals surface area contributed by atoms with Crippen LogP contribution in [0, 0.1) is 17.8 Å². The quantitative estimate of drug-likeness (QED) is 0.225. The van der Waals surface area contributed by atoms with Gasteiger partial charge in [-0.25, -0.2) is 9.97 Å². The van der Waals surface area contributed by atoms with Crippen molar-refractivity contribution in [3.05, 3.63) is 83.7 Å². The Morgan fingerprint density at radius 1 is 0.894 bits per heavy atom. The average molecular weight is 639 g/mol. The van der Waals surface area contributed by atoms with Crippen LogP contribution >= 0.6 is 0 Å². The highest BCUT2D eigenvalue weighted by Crippen LogP contribution is 2.41. The van der Waals surface area contributed by atoms with E-state index >= 15 is 0 Å². The molecular weight excluding hydrogens is 592 g/mol. The number of benzene rings is 2. The Bertz CT molecular complexity index is 1530. The van der Waals surface area contributed by atoms with Gasteiger partial charge in [0.2, 0.25) is 11.8 Å². The molecular formula is C38H46N4O5. The van der Waals surface area contributed by atoms with E-state index in [4.69, 9.17) is 4.74 Å². The first kappa shape index (κ1) is 33.8. The van der Waals surface area contributed by atoms with Crippen LogP contribution in [0.2, 0.25) is 0 Å². The molecule has 9 heteroatoms. The molecule has 3 aromatic rings. The van der Waals surface area contributed by atoms with Gasteiger partial charge < -0.3 is 20.1 Å². The van der Waals surface area contributed by atoms with E-state index in [-0.39, 0.29) is 25.4 Å². The number of carbonyl (C=O) groups excluding carboxylic acids is 2. The fraction of sp³-hybridized carbons (Fsp3) is 0.447. The predicted octanol–water partition coefficient (Wildman–Crippen LogP) is 6.32. The van der Waals surface area contributed by atoms with Gasteiger partial charge in [0.15, 0.2) is 5.82 Å². The predicted molar refractivity (Wildman–Crippen MR) is 181 cm³/mol. The van der Waals surface area contributed by atoms with Crippen molar-refractivity contribution < 1.29 is 24.2 Å². The Balaban J connectivity index is 1.13. The lowest BCUT2D eigenvalue weighted by atomic mass is 9.71. The number of carboxylic acid groups (broad SMARTS) is 1. The Labute approximate surface area is 277 Å². The lowest BCUT2D eigenvalue weighted by molar-refractivity contribution is -0.144. The third kappa shape index (κ3) is 9.50. The second-order valence-electron chi connectivity index (χ2n) is 12.9. The van der Waals surface area contributed by atoms with Crippen LogP contribution in [0.25, 0.3) is 17.0 Å². The Kier molecular flexibility index (Phi) is 11.8. The van der Waals surface area contributed by atoms with Crippen LogP contribution < -0.4 is 10.1 Å². The van der Waals surface area contributed by atoms with E-state index in [1.807, 2.05) is 36.7 Å². The summed E-state index contributed by atoms with van der Waals surface area (Å²) in [7, 11) is 1.57. The van der Waals surface area contributed by atoms with Crippen LogP contribution in [-0.2, 0) is 27.3 Å². The van der Waals surface area contributed by atoms with Gasteiger partial charge in [-0.05, 0) is 78.7 Å². The van der Waals surface area contributed by atoms with Crippen LogP contribution in [0.1, 0.15) is 75.0 Å². The topological polar surface area (TPSA) is 122 Å². The SMILES string of the molecule is CC[C@H]1CC[C@@H]([C@@H]2CC=C(c3cnc(-c4ccc(CN(CC(=O)O)C(=O)CNC(=O)Cc5ccc(OC)cc5)cc4)nc3)CC2)CC1. The van der Waals surface area contributed by atoms with Crippen LogP contribution in [0.5, 0.6) is 5.75 Å². The maximum absolute atomic E-state index is 12.9. The number of methoxy groups -OCH3 is 1. The van der Waals surface area contributed by atoms with Gasteiger partial charge in [0.05, 0.1) is 20.1 Å². The molecule has 2 aliphatic carbocycles. The summed E-state index contributed by atoms with van der Waals surface area (Å²) in [6.45, 7) is 1.65. The maximum Gasteiger partial charge on any atom is 0.323 e. The number of hydrogen-bond acceptors (Lipinski definition) is 6. The number of allylic oxidation sites excluding steroid dienone is 2. The molecule has 9 nitrogen and oxygen atoms in total. The van der Waals surface area contributed by atoms with Crippen molar-refractivity contribution in [3.63, 3.8) is 0 Å². The first-order valence-corrected chi connectivity index (χ1v) is 16.8. The minimum Gasteiger partial charge on any atom is -0.497 e. The van der Waals surface area contributed by atoms with E-state index in [0.717, 1.165) is 52.8 Å². The molecule has 2 aliphatic rings. The van der Waals surface area contributed by atoms with Crippen molar-refractivity contribution in [1.82, 2.24) is 20.2 Å². The van der Waals surface area contributed by atoms with Crippen molar-refractivity contribution >= 4 is 23.4 Å². The molecule has 1 heterocycles. The van der Waals surface area contributed by atoms with E-state index in [9.17, 15) is 19.5 Å². The number of amides is 2. The number of hydrogen-bond donors (Lipinski definition) is 2. The lowest BCUT2D eigenvalue weighted by Crippen LogP contribution is -2.42. The molecule has 0 saturated heterocycles. The van der Waals surface area contributed by atoms with Crippen molar-refractivity contribution in [2.24, 2.45) is 17.8 Å². The summed E-state index contributed by atoms with van der Waals surface area (Å²) < 4.78 is 5.13. The van der Waals surface area contributed by atoms with Crippen LogP contribution in [-0.4, -0.2) is 58.0 Å². The molecule has 2 aromatic carbocycles. The Morgan fingerprint density at radius 2 is 1.57 bits per heavy atom. The van der Waals surface area contributed by atoms with E-state index in [1.165, 1.54) is 49.0 Å². The van der Waals surface area contributed by atoms with Gasteiger partial charge in [-0.2, -0.15) is 0 Å². The first-order chi connectivity index (χ1) is 22.8. The van der Waals surface area contributed by atoms with Gasteiger partial charge in [-0.3, -0.25) is 14.4 Å². The highest BCUT2D eigenvalue weighted by molar-refractivity contribution is 5.87. The molecule has 5 rings (SSSR count). The number of nitrogens with zero attached hydrogens (tertiary/aromatic N) is 3. The molecule has 47 heavy (non-hydrogen) atoms. The number of aromatic nitrogens is 2. The molecule has 1 saturated carbocycles. The maximum atomic E-state index is 12.9. The van der Waals surface area contributed by atoms with Crippen LogP contribution in [0.4, 0.5) is 0 Å². The summed E-state index contributed by atoms with van der Waals surface area (Å²) >= 11 is 0. The normalized spacial score (nSPS) is 19.4. The molecule has 2 amide bonds. The summed E-state index contributed by atoms with van der Waals surface area (Å²) in [6, 6.07) is 14.5. The molecule has 0 spiro atoms. The highest BCUT2D eigenvalue weighted by atomic mass is 16.5. The van der Waals surface area contributed by atoms with Crippen molar-refractivity contribution in [3.8, 4) is 17.1 Å². The summed E-state index contributed by atoms with van der Waals surface area (Å²) in [5.41, 5.74) is 4.79. The van der Waals surface area contributed by atoms with Gasteiger partial charge >= 0.3 is 5.97 Å². The molecule has 1 atom stereocenters. The fourth-order valence-electron chi connectivity index (χ4n) is 6.91. The molecule has 2 N–H and O–H groups in total. The number of aliphatic carboxylic acids is 1. The molecule has 248 valence electrons. The van der Waals surface area contributed by atoms with Gasteiger partial charge in [-0.15, -0.1) is 0 Å². The van der Waals surface area contributed by atoms with Crippen molar-refractivity contribution in [1.29, 1.82) is 0 Å². The molecule has 0 bridgehead atoms. The zero-order valence-corrected chi connectivity index (χ0v) is 27.5. The molecule has 0 aliphatic heterocycles. The Hall–Kier alpha value is -4.53. The smallest absolute Gasteiger partial charge is 0.323 e. The third-order valence-corrected chi connectivity index (χ3v) is 9.83. The lowest BCUT2D eigenvalue weighted by Gasteiger charge is -2.35. The first-order valence-electron chi connectivity index (χ1n) is 16.8. The van der Waals surface area contributed by atoms with E-state index in [2.05, 4.69) is 28.3 Å². The zero-order chi connectivity index (χ0) is 33.2. The van der Waals surface area contributed by atoms with E-state index < -0.39 is 18.4 Å². The number of ether oxygens (including phenoxy) is 1. The molecule has 0 unspecified atom stereocenters. The Morgan fingerprint density at radius 3 is 2.17 bits per heavy atom. The number of nitrogens with one attached hydrogen (secondary N) is 1. The standard InChI is InChI=1S/C38H46N4O5/c1-3-26-4-10-29(11-5-26)30-14-16-31(17-15-30)33-21-40-38(41-22-33)32-12-6-28(7-13-32)24-42(25-37(45)46)36(44)23-39-35(43)20-27-8-18-34(47-2)19-9-27/h6-9,12-13,16,18-19,21-22,26,29-30H,3-5,10-11,14-15,17,20,23-25H2,1-2H3,(H,39,43)(H,45,46)/t26-,29+,30-/m1/s1. The second kappa shape index (κ2) is 16.3. The average Bonchev–Trinajstić information content (AvgIpc) is 3.11. The van der Waals surface area contributed by atoms with Crippen LogP contribution in [0.3, 0.4) is 0 Å². The van der Waals surface area contributed by atoms with Crippen LogP contribution in [0.15, 0.2) is 67.0 Å². The summed E-state index contributed by atoms with van der Waals surface area (Å²) in [5, 5.41) is 12.0. The minimum atomic E-state index is -1.13. The number of carbonyl (C=O) groups is 3. The van der Waals surface area contributed by atoms with Gasteiger partial charge in [0, 0.05) is 30.1 Å². The zero-order valence-electron chi connectivity index (χ0n) is 27.5. The van der Waals surface area contributed by atoms with Gasteiger partial charge in [0.1, 0.15) is 12.3 Å². The number of rotatable bonds is 13. The summed E-state index contributed by atoms with van der Waals surface area (Å²) in [6.07, 6.45) is 16.7. The highest BCUT2D eigenvalue weighted by Gasteiger charge is 2.28. The second-order valence-corrected chi connectivity index (χ2v) is 12.9. The van der Waals surface area contributed by atoms with Gasteiger partial charge in [-0.1, -0.05) is 68.7 Å². The monoisotopic (exact) mass is 638 g/mol.